The highest BCUT2D eigenvalue weighted by Gasteiger charge is 2.24. The molecule has 0 radical (unpaired) electrons. The van der Waals surface area contributed by atoms with Crippen LogP contribution >= 0.6 is 12.4 Å². The summed E-state index contributed by atoms with van der Waals surface area (Å²) in [6.45, 7) is 2.15. The highest BCUT2D eigenvalue weighted by Crippen LogP contribution is 2.32. The molecule has 0 aliphatic heterocycles. The molecular weight excluding hydrogens is 304 g/mol. The molecule has 1 atom stereocenters. The summed E-state index contributed by atoms with van der Waals surface area (Å²) in [5.74, 6) is 0.507. The minimum Gasteiger partial charge on any atom is -0.495 e. The number of ether oxygens (including phenoxy) is 2. The molecule has 116 valence electrons. The van der Waals surface area contributed by atoms with Crippen molar-refractivity contribution in [3.05, 3.63) is 18.2 Å². The largest absolute Gasteiger partial charge is 0.495 e. The zero-order chi connectivity index (χ0) is 14.5. The van der Waals surface area contributed by atoms with Gasteiger partial charge in [0, 0.05) is 12.6 Å². The van der Waals surface area contributed by atoms with Gasteiger partial charge < -0.3 is 14.8 Å². The van der Waals surface area contributed by atoms with Crippen molar-refractivity contribution in [2.45, 2.75) is 17.9 Å². The molecule has 0 saturated heterocycles. The van der Waals surface area contributed by atoms with E-state index in [1.54, 1.807) is 25.2 Å². The van der Waals surface area contributed by atoms with Gasteiger partial charge in [0.1, 0.15) is 11.5 Å². The molecule has 1 aromatic rings. The average Bonchev–Trinajstić information content (AvgIpc) is 2.43. The minimum absolute atomic E-state index is 0. The van der Waals surface area contributed by atoms with Gasteiger partial charge in [0.25, 0.3) is 0 Å². The van der Waals surface area contributed by atoms with E-state index >= 15 is 0 Å². The fourth-order valence-electron chi connectivity index (χ4n) is 1.49. The number of methoxy groups -OCH3 is 2. The van der Waals surface area contributed by atoms with Crippen LogP contribution in [0.3, 0.4) is 0 Å². The van der Waals surface area contributed by atoms with Crippen molar-refractivity contribution in [1.29, 1.82) is 0 Å². The summed E-state index contributed by atoms with van der Waals surface area (Å²) in [7, 11) is 0.917. The van der Waals surface area contributed by atoms with E-state index < -0.39 is 10.0 Å². The molecule has 1 unspecified atom stereocenters. The minimum atomic E-state index is -3.69. The first kappa shape index (κ1) is 19.0. The SMILES string of the molecule is CNC(C)CNS(=O)(=O)c1c(OC)cccc1OC.Cl. The summed E-state index contributed by atoms with van der Waals surface area (Å²) in [6, 6.07) is 4.86. The molecule has 0 spiro atoms. The van der Waals surface area contributed by atoms with Gasteiger partial charge >= 0.3 is 0 Å². The molecule has 0 saturated carbocycles. The van der Waals surface area contributed by atoms with Crippen LogP contribution in [0.25, 0.3) is 0 Å². The molecule has 2 N–H and O–H groups in total. The summed E-state index contributed by atoms with van der Waals surface area (Å²) in [5.41, 5.74) is 0. The molecule has 0 amide bonds. The van der Waals surface area contributed by atoms with Crippen molar-refractivity contribution in [2.75, 3.05) is 27.8 Å². The second-order valence-corrected chi connectivity index (χ2v) is 5.74. The number of sulfonamides is 1. The van der Waals surface area contributed by atoms with E-state index in [-0.39, 0.29) is 41.4 Å². The predicted molar refractivity (Wildman–Crippen MR) is 80.5 cm³/mol. The second-order valence-electron chi connectivity index (χ2n) is 4.03. The van der Waals surface area contributed by atoms with Gasteiger partial charge in [-0.1, -0.05) is 6.07 Å². The van der Waals surface area contributed by atoms with Crippen LogP contribution in [0.1, 0.15) is 6.92 Å². The third-order valence-corrected chi connectivity index (χ3v) is 4.21. The Kier molecular flexibility index (Phi) is 7.88. The van der Waals surface area contributed by atoms with E-state index in [0.717, 1.165) is 0 Å². The third kappa shape index (κ3) is 4.52. The first-order valence-corrected chi connectivity index (χ1v) is 7.32. The van der Waals surface area contributed by atoms with Crippen molar-refractivity contribution in [2.24, 2.45) is 0 Å². The Labute approximate surface area is 126 Å². The molecule has 1 aromatic carbocycles. The topological polar surface area (TPSA) is 76.7 Å². The Morgan fingerprint density at radius 1 is 1.20 bits per heavy atom. The van der Waals surface area contributed by atoms with Crippen LogP contribution in [0.15, 0.2) is 23.1 Å². The molecule has 20 heavy (non-hydrogen) atoms. The second kappa shape index (κ2) is 8.31. The summed E-state index contributed by atoms with van der Waals surface area (Å²) in [4.78, 5) is 0.0169. The van der Waals surface area contributed by atoms with E-state index in [4.69, 9.17) is 9.47 Å². The fraction of sp³-hybridized carbons (Fsp3) is 0.500. The lowest BCUT2D eigenvalue weighted by Crippen LogP contribution is -2.37. The van der Waals surface area contributed by atoms with Crippen LogP contribution in [-0.2, 0) is 10.0 Å². The quantitative estimate of drug-likeness (QED) is 0.783. The van der Waals surface area contributed by atoms with Gasteiger partial charge in [0.2, 0.25) is 10.0 Å². The number of hydrogen-bond acceptors (Lipinski definition) is 5. The first-order valence-electron chi connectivity index (χ1n) is 5.84. The molecule has 0 fully saturated rings. The van der Waals surface area contributed by atoms with E-state index in [1.165, 1.54) is 14.2 Å². The standard InChI is InChI=1S/C12H20N2O4S.ClH/c1-9(13-2)8-14-19(15,16)12-10(17-3)6-5-7-11(12)18-4;/h5-7,9,13-14H,8H2,1-4H3;1H. The Morgan fingerprint density at radius 3 is 2.10 bits per heavy atom. The lowest BCUT2D eigenvalue weighted by molar-refractivity contribution is 0.372. The van der Waals surface area contributed by atoms with Crippen molar-refractivity contribution < 1.29 is 17.9 Å². The lowest BCUT2D eigenvalue weighted by Gasteiger charge is -2.16. The number of rotatable bonds is 7. The fourth-order valence-corrected chi connectivity index (χ4v) is 2.94. The van der Waals surface area contributed by atoms with Crippen LogP contribution in [0.5, 0.6) is 11.5 Å². The van der Waals surface area contributed by atoms with E-state index in [1.807, 2.05) is 6.92 Å². The first-order chi connectivity index (χ1) is 8.96. The molecule has 0 heterocycles. The number of halogens is 1. The van der Waals surface area contributed by atoms with Gasteiger partial charge in [0.15, 0.2) is 4.90 Å². The summed E-state index contributed by atoms with van der Waals surface area (Å²) < 4.78 is 37.3. The van der Waals surface area contributed by atoms with Gasteiger partial charge in [-0.3, -0.25) is 0 Å². The number of hydrogen-bond donors (Lipinski definition) is 2. The molecule has 1 rings (SSSR count). The molecule has 6 nitrogen and oxygen atoms in total. The van der Waals surface area contributed by atoms with Gasteiger partial charge in [-0.05, 0) is 26.1 Å². The zero-order valence-electron chi connectivity index (χ0n) is 12.0. The Hall–Kier alpha value is -1.02. The van der Waals surface area contributed by atoms with Gasteiger partial charge in [-0.25, -0.2) is 13.1 Å². The Morgan fingerprint density at radius 2 is 1.70 bits per heavy atom. The average molecular weight is 325 g/mol. The monoisotopic (exact) mass is 324 g/mol. The smallest absolute Gasteiger partial charge is 0.248 e. The van der Waals surface area contributed by atoms with Crippen molar-refractivity contribution >= 4 is 22.4 Å². The lowest BCUT2D eigenvalue weighted by atomic mass is 10.3. The maximum absolute atomic E-state index is 12.3. The maximum atomic E-state index is 12.3. The van der Waals surface area contributed by atoms with Crippen molar-refractivity contribution in [1.82, 2.24) is 10.0 Å². The van der Waals surface area contributed by atoms with Gasteiger partial charge in [-0.2, -0.15) is 0 Å². The van der Waals surface area contributed by atoms with Crippen LogP contribution in [0, 0.1) is 0 Å². The number of nitrogens with one attached hydrogen (secondary N) is 2. The molecule has 0 aliphatic rings. The van der Waals surface area contributed by atoms with E-state index in [0.29, 0.717) is 0 Å². The third-order valence-electron chi connectivity index (χ3n) is 2.72. The summed E-state index contributed by atoms with van der Waals surface area (Å²) in [5, 5.41) is 2.96. The normalized spacial score (nSPS) is 12.4. The summed E-state index contributed by atoms with van der Waals surface area (Å²) >= 11 is 0. The van der Waals surface area contributed by atoms with Crippen LogP contribution in [0.4, 0.5) is 0 Å². The molecule has 0 aliphatic carbocycles. The van der Waals surface area contributed by atoms with Crippen molar-refractivity contribution in [3.8, 4) is 11.5 Å². The van der Waals surface area contributed by atoms with Crippen LogP contribution in [-0.4, -0.2) is 42.3 Å². The highest BCUT2D eigenvalue weighted by atomic mass is 35.5. The molecule has 0 bridgehead atoms. The molecule has 0 aromatic heterocycles. The number of likely N-dealkylation sites (N-methyl/N-ethyl adjacent to an activating group) is 1. The van der Waals surface area contributed by atoms with Crippen LogP contribution in [0.2, 0.25) is 0 Å². The highest BCUT2D eigenvalue weighted by molar-refractivity contribution is 7.89. The van der Waals surface area contributed by atoms with Crippen molar-refractivity contribution in [3.63, 3.8) is 0 Å². The number of benzene rings is 1. The molecular formula is C12H21ClN2O4S. The van der Waals surface area contributed by atoms with E-state index in [9.17, 15) is 8.42 Å². The van der Waals surface area contributed by atoms with Gasteiger partial charge in [0.05, 0.1) is 14.2 Å². The zero-order valence-corrected chi connectivity index (χ0v) is 13.6. The maximum Gasteiger partial charge on any atom is 0.248 e. The summed E-state index contributed by atoms with van der Waals surface area (Å²) in [6.07, 6.45) is 0. The van der Waals surface area contributed by atoms with Gasteiger partial charge in [-0.15, -0.1) is 12.4 Å². The van der Waals surface area contributed by atoms with Crippen LogP contribution < -0.4 is 19.5 Å². The molecule has 8 heteroatoms. The van der Waals surface area contributed by atoms with E-state index in [2.05, 4.69) is 10.0 Å². The predicted octanol–water partition coefficient (Wildman–Crippen LogP) is 1.01. The Bertz CT molecular complexity index is 500. The Balaban J connectivity index is 0.00000361.